The van der Waals surface area contributed by atoms with E-state index in [1.54, 1.807) is 0 Å². The summed E-state index contributed by atoms with van der Waals surface area (Å²) >= 11 is 0. The second kappa shape index (κ2) is 22.0. The fourth-order valence-electron chi connectivity index (χ4n) is 5.06. The summed E-state index contributed by atoms with van der Waals surface area (Å²) < 4.78 is 72.3. The van der Waals surface area contributed by atoms with Gasteiger partial charge in [0.05, 0.1) is 12.5 Å². The lowest BCUT2D eigenvalue weighted by atomic mass is 9.96. The van der Waals surface area contributed by atoms with Crippen LogP contribution in [0.3, 0.4) is 0 Å². The van der Waals surface area contributed by atoms with E-state index in [4.69, 9.17) is 48.4 Å². The number of nitrogens with two attached hydrogens (primary N) is 1. The molecule has 7 N–H and O–H groups in total. The highest BCUT2D eigenvalue weighted by atomic mass is 31.2. The average molecular weight is 853 g/mol. The zero-order chi connectivity index (χ0) is 43.3. The van der Waals surface area contributed by atoms with Gasteiger partial charge >= 0.3 is 57.0 Å². The Balaban J connectivity index is 4.05. The van der Waals surface area contributed by atoms with E-state index in [0.717, 1.165) is 48.5 Å². The van der Waals surface area contributed by atoms with Crippen LogP contribution in [0.1, 0.15) is 54.9 Å². The number of nitrogens with one attached hydrogen (secondary N) is 1. The normalized spacial score (nSPS) is 21.9. The topological polar surface area (TPSA) is 373 Å². The van der Waals surface area contributed by atoms with Gasteiger partial charge < -0.3 is 73.3 Å². The molecule has 0 spiro atoms. The maximum atomic E-state index is 13.2. The van der Waals surface area contributed by atoms with Crippen LogP contribution >= 0.6 is 15.2 Å². The molecule has 1 amide bonds. The van der Waals surface area contributed by atoms with Gasteiger partial charge in [0.15, 0.2) is 36.1 Å². The molecule has 1 saturated heterocycles. The molecule has 1 fully saturated rings. The predicted octanol–water partition coefficient (Wildman–Crippen LogP) is -2.60. The largest absolute Gasteiger partial charge is 0.464 e. The van der Waals surface area contributed by atoms with Crippen LogP contribution in [0.15, 0.2) is 0 Å². The smallest absolute Gasteiger partial charge is 0.341 e. The Morgan fingerprint density at radius 1 is 0.661 bits per heavy atom. The maximum Gasteiger partial charge on any atom is 0.341 e. The summed E-state index contributed by atoms with van der Waals surface area (Å²) in [6.45, 7) is 3.94. The molecule has 1 heterocycles. The van der Waals surface area contributed by atoms with Crippen molar-refractivity contribution < 1.29 is 110 Å². The van der Waals surface area contributed by atoms with Crippen LogP contribution < -0.4 is 11.1 Å². The highest BCUT2D eigenvalue weighted by Gasteiger charge is 2.53. The lowest BCUT2D eigenvalue weighted by Crippen LogP contribution is -2.67. The van der Waals surface area contributed by atoms with E-state index >= 15 is 0 Å². The number of hydrogen-bond donors (Lipinski definition) is 6. The van der Waals surface area contributed by atoms with E-state index < -0.39 is 150 Å². The van der Waals surface area contributed by atoms with Crippen LogP contribution in [0.2, 0.25) is 0 Å². The molecule has 0 radical (unpaired) electrons. The monoisotopic (exact) mass is 852 g/mol. The van der Waals surface area contributed by atoms with Gasteiger partial charge in [-0.25, -0.2) is 0 Å². The molecular weight excluding hydrogens is 806 g/mol. The first-order valence-corrected chi connectivity index (χ1v) is 19.6. The van der Waals surface area contributed by atoms with Gasteiger partial charge in [-0.05, 0) is 0 Å². The van der Waals surface area contributed by atoms with Crippen molar-refractivity contribution in [1.82, 2.24) is 5.32 Å². The van der Waals surface area contributed by atoms with Gasteiger partial charge in [0, 0.05) is 48.5 Å². The third-order valence-electron chi connectivity index (χ3n) is 7.15. The van der Waals surface area contributed by atoms with E-state index in [9.17, 15) is 67.1 Å². The van der Waals surface area contributed by atoms with E-state index in [-0.39, 0.29) is 0 Å². The van der Waals surface area contributed by atoms with Crippen LogP contribution in [-0.4, -0.2) is 147 Å². The molecule has 1 aliphatic rings. The summed E-state index contributed by atoms with van der Waals surface area (Å²) in [5.74, 6) is -8.51. The number of carbonyl (C=O) groups is 8. The van der Waals surface area contributed by atoms with Crippen LogP contribution in [0.25, 0.3) is 0 Å². The molecule has 0 aliphatic carbocycles. The highest BCUT2D eigenvalue weighted by molar-refractivity contribution is 7.70. The number of ether oxygens (including phenoxy) is 9. The zero-order valence-corrected chi connectivity index (χ0v) is 32.9. The van der Waals surface area contributed by atoms with Crippen LogP contribution in [0.5, 0.6) is 0 Å². The highest BCUT2D eigenvalue weighted by Crippen LogP contribution is 2.61. The number of amides is 1. The Kier molecular flexibility index (Phi) is 19.7. The van der Waals surface area contributed by atoms with Crippen molar-refractivity contribution in [2.75, 3.05) is 19.8 Å². The first-order valence-electron chi connectivity index (χ1n) is 16.2. The summed E-state index contributed by atoms with van der Waals surface area (Å²) in [5, 5.41) is -0.773. The SMILES string of the molecule is CC(=O)OCC(NC(=O)CC(P(=O)(O)O)P(=O)(O)O)[C@@H](OC(C)=O)[C@@H](O[C@@H]1OC(COC(C)=O)[C@H](OC(C)=O)[C@H](OC(C)=O)C1N)C(COC(C)=O)OC(C)=O. The van der Waals surface area contributed by atoms with Crippen molar-refractivity contribution in [3.05, 3.63) is 0 Å². The van der Waals surface area contributed by atoms with Gasteiger partial charge in [0.1, 0.15) is 38.1 Å². The van der Waals surface area contributed by atoms with E-state index in [1.807, 2.05) is 0 Å². The first-order chi connectivity index (χ1) is 25.6. The molecule has 0 aromatic heterocycles. The Hall–Kier alpha value is -4.06. The second-order valence-corrected chi connectivity index (χ2v) is 16.0. The number of esters is 7. The fourth-order valence-corrected chi connectivity index (χ4v) is 7.43. The van der Waals surface area contributed by atoms with E-state index in [1.165, 1.54) is 0 Å². The quantitative estimate of drug-likeness (QED) is 0.0415. The van der Waals surface area contributed by atoms with Gasteiger partial charge in [-0.3, -0.25) is 47.5 Å². The molecule has 0 bridgehead atoms. The molecule has 25 nitrogen and oxygen atoms in total. The summed E-state index contributed by atoms with van der Waals surface area (Å²) in [5.41, 5.74) is 6.41. The van der Waals surface area contributed by atoms with Gasteiger partial charge in [0.25, 0.3) is 0 Å². The Morgan fingerprint density at radius 3 is 1.59 bits per heavy atom. The Labute approximate surface area is 318 Å². The fraction of sp³-hybridized carbons (Fsp3) is 0.724. The molecule has 0 aromatic rings. The number of carbonyl (C=O) groups excluding carboxylic acids is 8. The minimum absolute atomic E-state index is 0.693. The van der Waals surface area contributed by atoms with E-state index in [2.05, 4.69) is 5.32 Å². The Morgan fingerprint density at radius 2 is 1.14 bits per heavy atom. The zero-order valence-electron chi connectivity index (χ0n) is 31.1. The lowest BCUT2D eigenvalue weighted by Gasteiger charge is -2.46. The number of rotatable bonds is 20. The van der Waals surface area contributed by atoms with Crippen molar-refractivity contribution in [2.45, 2.75) is 115 Å². The third-order valence-corrected chi connectivity index (χ3v) is 10.9. The molecule has 1 aliphatic heterocycles. The number of hydrogen-bond acceptors (Lipinski definition) is 20. The molecule has 56 heavy (non-hydrogen) atoms. The standard InChI is InChI=1S/C29H46N2O23P2/c1-12(32)46-9-19(31-22(39)8-23(55(40,41)42)56(43,44)45)25(50-16(5)36)26(20(49-15(4)35)10-47-13(2)33)54-29-24(30)28(52-18(7)38)27(51-17(6)37)21(53-29)11-48-14(3)34/h19-21,23-29H,8-11,30H2,1-7H3,(H,31,39)(H2,40,41,42)(H2,43,44,45)/t19?,20?,21?,24?,25-,26+,27+,28-,29+/m1/s1. The van der Waals surface area contributed by atoms with Crippen LogP contribution in [0.4, 0.5) is 0 Å². The van der Waals surface area contributed by atoms with Crippen molar-refractivity contribution in [2.24, 2.45) is 5.73 Å². The average Bonchev–Trinajstić information content (AvgIpc) is 3.02. The van der Waals surface area contributed by atoms with Gasteiger partial charge in [-0.15, -0.1) is 0 Å². The molecule has 1 rings (SSSR count). The molecule has 9 atom stereocenters. The van der Waals surface area contributed by atoms with Gasteiger partial charge in [0.2, 0.25) is 5.91 Å². The molecular formula is C29H46N2O23P2. The first kappa shape index (κ1) is 50.0. The molecule has 0 saturated carbocycles. The third kappa shape index (κ3) is 17.4. The second-order valence-electron chi connectivity index (χ2n) is 12.0. The van der Waals surface area contributed by atoms with Crippen molar-refractivity contribution >= 4 is 62.9 Å². The van der Waals surface area contributed by atoms with Gasteiger partial charge in [-0.2, -0.15) is 0 Å². The Bertz CT molecular complexity index is 1520. The minimum Gasteiger partial charge on any atom is -0.464 e. The lowest BCUT2D eigenvalue weighted by molar-refractivity contribution is -0.301. The van der Waals surface area contributed by atoms with Crippen molar-refractivity contribution in [3.63, 3.8) is 0 Å². The summed E-state index contributed by atoms with van der Waals surface area (Å²) in [7, 11) is -11.4. The maximum absolute atomic E-state index is 13.2. The molecule has 0 aromatic carbocycles. The van der Waals surface area contributed by atoms with Crippen molar-refractivity contribution in [3.8, 4) is 0 Å². The van der Waals surface area contributed by atoms with Crippen molar-refractivity contribution in [1.29, 1.82) is 0 Å². The predicted molar refractivity (Wildman–Crippen MR) is 178 cm³/mol. The molecule has 320 valence electrons. The van der Waals surface area contributed by atoms with Crippen LogP contribution in [-0.2, 0) is 90.1 Å². The summed E-state index contributed by atoms with van der Waals surface area (Å²) in [6, 6.07) is -3.63. The van der Waals surface area contributed by atoms with Gasteiger partial charge in [-0.1, -0.05) is 0 Å². The van der Waals surface area contributed by atoms with Crippen LogP contribution in [0, 0.1) is 0 Å². The molecule has 27 heteroatoms. The summed E-state index contributed by atoms with van der Waals surface area (Å²) in [6.07, 6.45) is -14.4. The minimum atomic E-state index is -5.68. The van der Waals surface area contributed by atoms with E-state index in [0.29, 0.717) is 0 Å². The molecule has 4 unspecified atom stereocenters. The summed E-state index contributed by atoms with van der Waals surface area (Å²) in [4.78, 5) is 136.